The molecule has 4 rings (SSSR count). The summed E-state index contributed by atoms with van der Waals surface area (Å²) in [6, 6.07) is 17.8. The molecule has 0 aliphatic carbocycles. The molecule has 0 atom stereocenters. The highest BCUT2D eigenvalue weighted by atomic mass is 16.8. The van der Waals surface area contributed by atoms with E-state index in [2.05, 4.69) is 4.84 Å². The standard InChI is InChI=1S/C20H15N4O3.2C2H6/c1-22-17-6-4-3-5-16(17)19-18(22)11-13(12-21)20(25)23(19)14-7-9-15(10-8-14)24(26)27-2;2*1-2/h3-11H,1-2H3;2*1-2H3/q+1;;. The van der Waals surface area contributed by atoms with E-state index in [0.717, 1.165) is 21.9 Å². The molecule has 2 aromatic carbocycles. The lowest BCUT2D eigenvalue weighted by molar-refractivity contribution is -0.736. The Bertz CT molecular complexity index is 1310. The van der Waals surface area contributed by atoms with Crippen LogP contribution in [0.1, 0.15) is 33.3 Å². The Morgan fingerprint density at radius 3 is 2.16 bits per heavy atom. The van der Waals surface area contributed by atoms with Crippen LogP contribution in [0.5, 0.6) is 0 Å². The van der Waals surface area contributed by atoms with Crippen LogP contribution in [0, 0.1) is 16.2 Å². The van der Waals surface area contributed by atoms with Gasteiger partial charge in [0.1, 0.15) is 11.6 Å². The van der Waals surface area contributed by atoms with Gasteiger partial charge in [-0.3, -0.25) is 9.36 Å². The second-order valence-electron chi connectivity index (χ2n) is 6.08. The summed E-state index contributed by atoms with van der Waals surface area (Å²) in [5, 5.41) is 10.3. The van der Waals surface area contributed by atoms with Crippen LogP contribution in [0.25, 0.3) is 27.6 Å². The first-order chi connectivity index (χ1) is 15.1. The van der Waals surface area contributed by atoms with E-state index in [1.54, 1.807) is 30.3 Å². The SMILES string of the molecule is CC.CC.CO[N+](=O)c1ccc(-n2c(=O)c(C#N)cc3c2c2ccccc2n3C)cc1. The Balaban J connectivity index is 0.000000807. The molecule has 7 heteroatoms. The molecule has 4 aromatic rings. The van der Waals surface area contributed by atoms with Gasteiger partial charge < -0.3 is 4.57 Å². The van der Waals surface area contributed by atoms with Gasteiger partial charge in [0.2, 0.25) is 0 Å². The highest BCUT2D eigenvalue weighted by Gasteiger charge is 2.19. The molecule has 0 saturated carbocycles. The number of nitriles is 1. The van der Waals surface area contributed by atoms with Gasteiger partial charge in [-0.15, -0.1) is 0 Å². The molecule has 0 unspecified atom stereocenters. The van der Waals surface area contributed by atoms with E-state index in [1.807, 2.05) is 69.6 Å². The molecule has 31 heavy (non-hydrogen) atoms. The fourth-order valence-corrected chi connectivity index (χ4v) is 3.37. The van der Waals surface area contributed by atoms with E-state index >= 15 is 0 Å². The molecule has 7 nitrogen and oxygen atoms in total. The highest BCUT2D eigenvalue weighted by Crippen LogP contribution is 2.29. The van der Waals surface area contributed by atoms with Crippen LogP contribution in [-0.2, 0) is 11.9 Å². The van der Waals surface area contributed by atoms with E-state index < -0.39 is 5.56 Å². The van der Waals surface area contributed by atoms with Crippen LogP contribution < -0.4 is 5.56 Å². The Labute approximate surface area is 181 Å². The van der Waals surface area contributed by atoms with Gasteiger partial charge in [-0.25, -0.2) is 4.84 Å². The number of pyridine rings is 1. The summed E-state index contributed by atoms with van der Waals surface area (Å²) in [5.41, 5.74) is 2.97. The summed E-state index contributed by atoms with van der Waals surface area (Å²) in [4.78, 5) is 29.6. The third-order valence-corrected chi connectivity index (χ3v) is 4.67. The molecule has 0 bridgehead atoms. The van der Waals surface area contributed by atoms with Gasteiger partial charge >= 0.3 is 5.69 Å². The Hall–Kier alpha value is -3.92. The largest absolute Gasteiger partial charge is 0.342 e. The Kier molecular flexibility index (Phi) is 7.70. The topological polar surface area (TPSA) is 80.0 Å². The van der Waals surface area contributed by atoms with Gasteiger partial charge in [-0.1, -0.05) is 45.9 Å². The number of aryl methyl sites for hydroxylation is 1. The third kappa shape index (κ3) is 4.05. The molecule has 0 aliphatic heterocycles. The maximum Gasteiger partial charge on any atom is 0.316 e. The number of rotatable bonds is 3. The zero-order valence-corrected chi connectivity index (χ0v) is 18.7. The summed E-state index contributed by atoms with van der Waals surface area (Å²) < 4.78 is 3.47. The predicted molar refractivity (Wildman–Crippen MR) is 124 cm³/mol. The van der Waals surface area contributed by atoms with Crippen LogP contribution >= 0.6 is 0 Å². The van der Waals surface area contributed by atoms with E-state index in [0.29, 0.717) is 16.3 Å². The predicted octanol–water partition coefficient (Wildman–Crippen LogP) is 5.38. The zero-order chi connectivity index (χ0) is 23.1. The lowest BCUT2D eigenvalue weighted by Gasteiger charge is -2.09. The Morgan fingerprint density at radius 1 is 0.968 bits per heavy atom. The van der Waals surface area contributed by atoms with Crippen molar-refractivity contribution in [3.63, 3.8) is 0 Å². The lowest BCUT2D eigenvalue weighted by Crippen LogP contribution is -2.21. The van der Waals surface area contributed by atoms with E-state index in [4.69, 9.17) is 0 Å². The van der Waals surface area contributed by atoms with E-state index in [9.17, 15) is 15.0 Å². The van der Waals surface area contributed by atoms with Crippen molar-refractivity contribution in [2.45, 2.75) is 27.7 Å². The summed E-state index contributed by atoms with van der Waals surface area (Å²) >= 11 is 0. The molecular weight excluding hydrogens is 392 g/mol. The average Bonchev–Trinajstić information content (AvgIpc) is 3.12. The van der Waals surface area contributed by atoms with Crippen molar-refractivity contribution in [3.05, 3.63) is 75.4 Å². The monoisotopic (exact) mass is 419 g/mol. The minimum Gasteiger partial charge on any atom is -0.342 e. The second-order valence-corrected chi connectivity index (χ2v) is 6.08. The number of benzene rings is 2. The van der Waals surface area contributed by atoms with Crippen LogP contribution in [0.15, 0.2) is 59.4 Å². The zero-order valence-electron chi connectivity index (χ0n) is 18.7. The van der Waals surface area contributed by atoms with Crippen molar-refractivity contribution in [3.8, 4) is 11.8 Å². The van der Waals surface area contributed by atoms with E-state index in [1.165, 1.54) is 11.7 Å². The molecule has 0 saturated heterocycles. The summed E-state index contributed by atoms with van der Waals surface area (Å²) in [6.45, 7) is 8.00. The number of aromatic nitrogens is 2. The smallest absolute Gasteiger partial charge is 0.316 e. The molecule has 0 amide bonds. The maximum absolute atomic E-state index is 13.0. The van der Waals surface area contributed by atoms with Gasteiger partial charge in [0.15, 0.2) is 7.11 Å². The van der Waals surface area contributed by atoms with Crippen molar-refractivity contribution in [2.75, 3.05) is 7.11 Å². The van der Waals surface area contributed by atoms with Crippen LogP contribution in [-0.4, -0.2) is 21.2 Å². The first-order valence-corrected chi connectivity index (χ1v) is 10.2. The number of hydrogen-bond donors (Lipinski definition) is 0. The maximum atomic E-state index is 13.0. The third-order valence-electron chi connectivity index (χ3n) is 4.67. The minimum absolute atomic E-state index is 0.0554. The summed E-state index contributed by atoms with van der Waals surface area (Å²) in [6.07, 6.45) is 0. The number of para-hydroxylation sites is 1. The fourth-order valence-electron chi connectivity index (χ4n) is 3.37. The molecule has 0 fully saturated rings. The van der Waals surface area contributed by atoms with Crippen LogP contribution in [0.3, 0.4) is 0 Å². The second kappa shape index (κ2) is 10.2. The average molecular weight is 420 g/mol. The number of hydrogen-bond acceptors (Lipinski definition) is 4. The van der Waals surface area contributed by atoms with Gasteiger partial charge in [-0.2, -0.15) is 5.26 Å². The Morgan fingerprint density at radius 2 is 1.58 bits per heavy atom. The van der Waals surface area contributed by atoms with Crippen LogP contribution in [0.2, 0.25) is 0 Å². The minimum atomic E-state index is -0.403. The summed E-state index contributed by atoms with van der Waals surface area (Å²) in [7, 11) is 3.18. The van der Waals surface area contributed by atoms with E-state index in [-0.39, 0.29) is 5.56 Å². The molecule has 0 N–H and O–H groups in total. The van der Waals surface area contributed by atoms with Gasteiger partial charge in [0.25, 0.3) is 10.5 Å². The summed E-state index contributed by atoms with van der Waals surface area (Å²) in [5.74, 6) is 0. The van der Waals surface area contributed by atoms with Crippen molar-refractivity contribution in [1.29, 1.82) is 5.26 Å². The molecule has 0 spiro atoms. The first kappa shape index (κ1) is 23.4. The molecule has 2 heterocycles. The highest BCUT2D eigenvalue weighted by molar-refractivity contribution is 6.06. The molecular formula is C24H27N4O3+. The van der Waals surface area contributed by atoms with Crippen molar-refractivity contribution in [2.24, 2.45) is 7.05 Å². The van der Waals surface area contributed by atoms with Crippen LogP contribution in [0.4, 0.5) is 5.69 Å². The van der Waals surface area contributed by atoms with Gasteiger partial charge in [0, 0.05) is 30.3 Å². The van der Waals surface area contributed by atoms with Crippen molar-refractivity contribution < 1.29 is 9.76 Å². The van der Waals surface area contributed by atoms with Crippen molar-refractivity contribution in [1.82, 2.24) is 9.13 Å². The molecule has 0 radical (unpaired) electrons. The number of fused-ring (bicyclic) bond motifs is 3. The lowest BCUT2D eigenvalue weighted by atomic mass is 10.2. The number of nitrogens with zero attached hydrogens (tertiary/aromatic N) is 4. The fraction of sp³-hybridized carbons (Fsp3) is 0.250. The van der Waals surface area contributed by atoms with Gasteiger partial charge in [-0.05, 0) is 24.3 Å². The quantitative estimate of drug-likeness (QED) is 0.418. The normalized spacial score (nSPS) is 9.84. The first-order valence-electron chi connectivity index (χ1n) is 10.2. The molecule has 2 aromatic heterocycles. The molecule has 0 aliphatic rings. The van der Waals surface area contributed by atoms with Crippen molar-refractivity contribution >= 4 is 27.6 Å². The van der Waals surface area contributed by atoms with Gasteiger partial charge in [0.05, 0.1) is 21.5 Å². The molecule has 160 valence electrons.